The van der Waals surface area contributed by atoms with Gasteiger partial charge in [0.05, 0.1) is 18.2 Å². The molecule has 0 saturated heterocycles. The summed E-state index contributed by atoms with van der Waals surface area (Å²) in [6.45, 7) is 7.42. The third-order valence-electron chi connectivity index (χ3n) is 5.66. The lowest BCUT2D eigenvalue weighted by Crippen LogP contribution is -2.33. The van der Waals surface area contributed by atoms with E-state index in [0.717, 1.165) is 29.7 Å². The van der Waals surface area contributed by atoms with Gasteiger partial charge in [0.2, 0.25) is 0 Å². The van der Waals surface area contributed by atoms with Crippen LogP contribution in [0.5, 0.6) is 5.75 Å². The van der Waals surface area contributed by atoms with Crippen molar-refractivity contribution in [3.05, 3.63) is 42.0 Å². The zero-order valence-electron chi connectivity index (χ0n) is 17.9. The van der Waals surface area contributed by atoms with Crippen molar-refractivity contribution in [2.24, 2.45) is 0 Å². The van der Waals surface area contributed by atoms with E-state index in [-0.39, 0.29) is 18.1 Å². The molecule has 1 fully saturated rings. The number of ether oxygens (including phenoxy) is 2. The van der Waals surface area contributed by atoms with Crippen molar-refractivity contribution < 1.29 is 14.3 Å². The first-order chi connectivity index (χ1) is 14.5. The monoisotopic (exact) mass is 409 g/mol. The molecule has 30 heavy (non-hydrogen) atoms. The number of nitrogens with zero attached hydrogens (tertiary/aromatic N) is 5. The first kappa shape index (κ1) is 20.1. The van der Waals surface area contributed by atoms with Gasteiger partial charge in [0, 0.05) is 31.0 Å². The highest BCUT2D eigenvalue weighted by molar-refractivity contribution is 5.68. The topological polar surface area (TPSA) is 81.9 Å². The number of hydrogen-bond acceptors (Lipinski definition) is 6. The molecule has 0 N–H and O–H groups in total. The van der Waals surface area contributed by atoms with Gasteiger partial charge in [-0.3, -0.25) is 4.98 Å². The minimum Gasteiger partial charge on any atom is -0.493 e. The molecule has 4 rings (SSSR count). The lowest BCUT2D eigenvalue weighted by atomic mass is 10.1. The number of amides is 1. The Balaban J connectivity index is 1.69. The summed E-state index contributed by atoms with van der Waals surface area (Å²) >= 11 is 0. The SMILES string of the molecule is CCN(CC)C(=O)OCC1(c2nc3c(OC)ccc(-c4cncc(C)c4)n3n2)CC1. The summed E-state index contributed by atoms with van der Waals surface area (Å²) in [5.41, 5.74) is 3.22. The molecule has 0 spiro atoms. The van der Waals surface area contributed by atoms with E-state index in [1.807, 2.05) is 45.3 Å². The molecule has 158 valence electrons. The van der Waals surface area contributed by atoms with Crippen LogP contribution in [-0.4, -0.2) is 57.4 Å². The minimum absolute atomic E-state index is 0.281. The Morgan fingerprint density at radius 1 is 1.23 bits per heavy atom. The second-order valence-corrected chi connectivity index (χ2v) is 7.72. The number of aryl methyl sites for hydroxylation is 1. The standard InChI is InChI=1S/C22H27N5O3/c1-5-26(6-2)21(28)30-14-22(9-10-22)20-24-19-18(29-4)8-7-17(27(19)25-20)16-11-15(3)12-23-13-16/h7-8,11-13H,5-6,9-10,14H2,1-4H3. The number of fused-ring (bicyclic) bond motifs is 1. The Labute approximate surface area is 175 Å². The number of rotatable bonds is 7. The lowest BCUT2D eigenvalue weighted by Gasteiger charge is -2.20. The molecule has 8 nitrogen and oxygen atoms in total. The third kappa shape index (κ3) is 3.58. The highest BCUT2D eigenvalue weighted by Gasteiger charge is 2.49. The molecule has 1 amide bonds. The van der Waals surface area contributed by atoms with E-state index in [1.165, 1.54) is 0 Å². The molecule has 1 aliphatic carbocycles. The number of hydrogen-bond donors (Lipinski definition) is 0. The second-order valence-electron chi connectivity index (χ2n) is 7.72. The quantitative estimate of drug-likeness (QED) is 0.593. The van der Waals surface area contributed by atoms with Crippen molar-refractivity contribution in [3.63, 3.8) is 0 Å². The van der Waals surface area contributed by atoms with Gasteiger partial charge in [0.25, 0.3) is 0 Å². The molecule has 1 aliphatic rings. The van der Waals surface area contributed by atoms with Crippen LogP contribution in [-0.2, 0) is 10.2 Å². The molecule has 1 saturated carbocycles. The largest absolute Gasteiger partial charge is 0.493 e. The van der Waals surface area contributed by atoms with Crippen molar-refractivity contribution in [1.82, 2.24) is 24.5 Å². The molecule has 0 aliphatic heterocycles. The first-order valence-electron chi connectivity index (χ1n) is 10.3. The van der Waals surface area contributed by atoms with Crippen molar-refractivity contribution in [2.75, 3.05) is 26.8 Å². The fourth-order valence-electron chi connectivity index (χ4n) is 3.59. The predicted molar refractivity (Wildman–Crippen MR) is 113 cm³/mol. The zero-order chi connectivity index (χ0) is 21.3. The Kier molecular flexibility index (Phi) is 5.32. The van der Waals surface area contributed by atoms with Crippen molar-refractivity contribution >= 4 is 11.7 Å². The van der Waals surface area contributed by atoms with E-state index in [0.29, 0.717) is 30.3 Å². The van der Waals surface area contributed by atoms with Crippen LogP contribution in [0.2, 0.25) is 0 Å². The van der Waals surface area contributed by atoms with E-state index in [9.17, 15) is 4.79 Å². The second kappa shape index (κ2) is 7.93. The minimum atomic E-state index is -0.331. The van der Waals surface area contributed by atoms with Gasteiger partial charge in [-0.2, -0.15) is 0 Å². The molecule has 3 aromatic rings. The number of methoxy groups -OCH3 is 1. The molecule has 3 aromatic heterocycles. The van der Waals surface area contributed by atoms with Crippen LogP contribution in [0.3, 0.4) is 0 Å². The van der Waals surface area contributed by atoms with Crippen LogP contribution in [0, 0.1) is 6.92 Å². The van der Waals surface area contributed by atoms with Gasteiger partial charge in [-0.05, 0) is 57.4 Å². The Morgan fingerprint density at radius 2 is 2.00 bits per heavy atom. The van der Waals surface area contributed by atoms with E-state index in [2.05, 4.69) is 11.1 Å². The molecule has 0 unspecified atom stereocenters. The normalized spacial score (nSPS) is 14.5. The molecule has 0 atom stereocenters. The molecule has 0 radical (unpaired) electrons. The van der Waals surface area contributed by atoms with E-state index in [4.69, 9.17) is 19.6 Å². The van der Waals surface area contributed by atoms with Crippen molar-refractivity contribution in [2.45, 2.75) is 39.0 Å². The van der Waals surface area contributed by atoms with Gasteiger partial charge in [-0.1, -0.05) is 0 Å². The van der Waals surface area contributed by atoms with Gasteiger partial charge >= 0.3 is 6.09 Å². The molecular formula is C22H27N5O3. The highest BCUT2D eigenvalue weighted by Crippen LogP contribution is 2.47. The van der Waals surface area contributed by atoms with Crippen molar-refractivity contribution in [3.8, 4) is 17.0 Å². The average molecular weight is 409 g/mol. The van der Waals surface area contributed by atoms with Gasteiger partial charge in [-0.15, -0.1) is 5.10 Å². The van der Waals surface area contributed by atoms with Crippen LogP contribution in [0.15, 0.2) is 30.6 Å². The summed E-state index contributed by atoms with van der Waals surface area (Å²) in [4.78, 5) is 23.0. The van der Waals surface area contributed by atoms with Gasteiger partial charge in [0.1, 0.15) is 6.61 Å². The van der Waals surface area contributed by atoms with E-state index in [1.54, 1.807) is 16.5 Å². The average Bonchev–Trinajstić information content (AvgIpc) is 3.41. The molecular weight excluding hydrogens is 382 g/mol. The maximum atomic E-state index is 12.3. The van der Waals surface area contributed by atoms with Gasteiger partial charge in [0.15, 0.2) is 17.2 Å². The zero-order valence-corrected chi connectivity index (χ0v) is 17.9. The van der Waals surface area contributed by atoms with E-state index >= 15 is 0 Å². The fourth-order valence-corrected chi connectivity index (χ4v) is 3.59. The van der Waals surface area contributed by atoms with Crippen LogP contribution >= 0.6 is 0 Å². The highest BCUT2D eigenvalue weighted by atomic mass is 16.6. The van der Waals surface area contributed by atoms with Crippen LogP contribution < -0.4 is 4.74 Å². The lowest BCUT2D eigenvalue weighted by molar-refractivity contribution is 0.0961. The maximum Gasteiger partial charge on any atom is 0.409 e. The summed E-state index contributed by atoms with van der Waals surface area (Å²) < 4.78 is 12.9. The number of aromatic nitrogens is 4. The summed E-state index contributed by atoms with van der Waals surface area (Å²) in [7, 11) is 1.62. The smallest absolute Gasteiger partial charge is 0.409 e. The Bertz CT molecular complexity index is 1070. The van der Waals surface area contributed by atoms with Gasteiger partial charge in [-0.25, -0.2) is 14.3 Å². The van der Waals surface area contributed by atoms with Gasteiger partial charge < -0.3 is 14.4 Å². The molecule has 0 aromatic carbocycles. The number of pyridine rings is 2. The van der Waals surface area contributed by atoms with Crippen LogP contribution in [0.1, 0.15) is 38.1 Å². The molecule has 3 heterocycles. The summed E-state index contributed by atoms with van der Waals surface area (Å²) in [5, 5.41) is 4.82. The summed E-state index contributed by atoms with van der Waals surface area (Å²) in [6.07, 6.45) is 5.12. The van der Waals surface area contributed by atoms with Crippen molar-refractivity contribution in [1.29, 1.82) is 0 Å². The number of carbonyl (C=O) groups excluding carboxylic acids is 1. The molecule has 0 bridgehead atoms. The summed E-state index contributed by atoms with van der Waals surface area (Å²) in [5.74, 6) is 1.33. The maximum absolute atomic E-state index is 12.3. The first-order valence-corrected chi connectivity index (χ1v) is 10.3. The third-order valence-corrected chi connectivity index (χ3v) is 5.66. The Hall–Kier alpha value is -3.16. The number of carbonyl (C=O) groups is 1. The Morgan fingerprint density at radius 3 is 2.63 bits per heavy atom. The van der Waals surface area contributed by atoms with Crippen LogP contribution in [0.25, 0.3) is 16.9 Å². The predicted octanol–water partition coefficient (Wildman–Crippen LogP) is 3.62. The fraction of sp³-hybridized carbons (Fsp3) is 0.455. The molecule has 8 heteroatoms. The summed E-state index contributed by atoms with van der Waals surface area (Å²) in [6, 6.07) is 5.92. The van der Waals surface area contributed by atoms with Crippen LogP contribution in [0.4, 0.5) is 4.79 Å². The van der Waals surface area contributed by atoms with E-state index < -0.39 is 0 Å².